The Labute approximate surface area is 264 Å². The minimum atomic E-state index is -0.109. The molecule has 0 N–H and O–H groups in total. The molecule has 3 aromatic heterocycles. The van der Waals surface area contributed by atoms with Gasteiger partial charge in [-0.25, -0.2) is 0 Å². The number of fused-ring (bicyclic) bond motifs is 6. The van der Waals surface area contributed by atoms with Crippen LogP contribution in [0.4, 0.5) is 32.8 Å². The molecule has 4 aromatic carbocycles. The van der Waals surface area contributed by atoms with Gasteiger partial charge in [0.05, 0.1) is 22.6 Å². The molecule has 0 amide bonds. The summed E-state index contributed by atoms with van der Waals surface area (Å²) in [6.07, 6.45) is 3.96. The quantitative estimate of drug-likeness (QED) is 0.204. The van der Waals surface area contributed by atoms with E-state index in [2.05, 4.69) is 143 Å². The van der Waals surface area contributed by atoms with Gasteiger partial charge in [-0.2, -0.15) is 0 Å². The lowest BCUT2D eigenvalue weighted by molar-refractivity contribution is 1.23. The second kappa shape index (κ2) is 9.87. The van der Waals surface area contributed by atoms with Crippen molar-refractivity contribution in [1.29, 1.82) is 0 Å². The van der Waals surface area contributed by atoms with Crippen LogP contribution in [0.25, 0.3) is 20.2 Å². The lowest BCUT2D eigenvalue weighted by Gasteiger charge is -2.29. The van der Waals surface area contributed by atoms with Crippen LogP contribution in [0.15, 0.2) is 122 Å². The van der Waals surface area contributed by atoms with Gasteiger partial charge in [0, 0.05) is 43.9 Å². The summed E-state index contributed by atoms with van der Waals surface area (Å²) in [6.45, 7) is -0.219. The molecular formula is C34H26B2N6S2. The van der Waals surface area contributed by atoms with Crippen molar-refractivity contribution >= 4 is 101 Å². The normalized spacial score (nSPS) is 14.3. The average molecular weight is 604 g/mol. The van der Waals surface area contributed by atoms with Crippen molar-refractivity contribution in [3.8, 4) is 0 Å². The SMILES string of the molecule is CN1B(c2cnc(B3N(C)c4sc5ccccc5c4N3c3ccccc3)cn2)N(c2ccccc2)c2c1sc1ccccc21. The summed E-state index contributed by atoms with van der Waals surface area (Å²) in [4.78, 5) is 19.8. The minimum Gasteiger partial charge on any atom is -0.383 e. The van der Waals surface area contributed by atoms with E-state index in [4.69, 9.17) is 9.97 Å². The Balaban J connectivity index is 1.14. The first kappa shape index (κ1) is 25.7. The first-order valence-electron chi connectivity index (χ1n) is 14.7. The van der Waals surface area contributed by atoms with Crippen LogP contribution in [-0.4, -0.2) is 38.0 Å². The van der Waals surface area contributed by atoms with E-state index >= 15 is 0 Å². The molecule has 0 bridgehead atoms. The molecule has 44 heavy (non-hydrogen) atoms. The van der Waals surface area contributed by atoms with E-state index in [9.17, 15) is 0 Å². The second-order valence-corrected chi connectivity index (χ2v) is 13.3. The zero-order valence-electron chi connectivity index (χ0n) is 24.2. The molecule has 5 heterocycles. The number of para-hydroxylation sites is 2. The van der Waals surface area contributed by atoms with Gasteiger partial charge in [0.25, 0.3) is 0 Å². The van der Waals surface area contributed by atoms with Gasteiger partial charge >= 0.3 is 14.0 Å². The Hall–Kier alpha value is -4.79. The Kier molecular flexibility index (Phi) is 5.76. The van der Waals surface area contributed by atoms with E-state index in [1.807, 2.05) is 35.1 Å². The van der Waals surface area contributed by atoms with Gasteiger partial charge in [-0.1, -0.05) is 72.8 Å². The Bertz CT molecular complexity index is 2000. The maximum Gasteiger partial charge on any atom is 0.437 e. The molecule has 0 saturated carbocycles. The van der Waals surface area contributed by atoms with Crippen molar-refractivity contribution < 1.29 is 0 Å². The summed E-state index contributed by atoms with van der Waals surface area (Å²) in [5, 5.41) is 5.01. The van der Waals surface area contributed by atoms with Crippen LogP contribution in [0.1, 0.15) is 0 Å². The third kappa shape index (κ3) is 3.68. The fourth-order valence-electron chi connectivity index (χ4n) is 6.79. The smallest absolute Gasteiger partial charge is 0.383 e. The Morgan fingerprint density at radius 1 is 0.500 bits per heavy atom. The van der Waals surface area contributed by atoms with Crippen LogP contribution in [0.5, 0.6) is 0 Å². The summed E-state index contributed by atoms with van der Waals surface area (Å²) >= 11 is 3.66. The van der Waals surface area contributed by atoms with Gasteiger partial charge in [-0.15, -0.1) is 22.7 Å². The molecule has 9 rings (SSSR count). The van der Waals surface area contributed by atoms with E-state index in [-0.39, 0.29) is 14.0 Å². The summed E-state index contributed by atoms with van der Waals surface area (Å²) in [6, 6.07) is 38.6. The van der Waals surface area contributed by atoms with E-state index in [0.29, 0.717) is 0 Å². The number of anilines is 6. The Morgan fingerprint density at radius 2 is 0.886 bits per heavy atom. The molecule has 0 atom stereocenters. The predicted octanol–water partition coefficient (Wildman–Crippen LogP) is 6.87. The lowest BCUT2D eigenvalue weighted by Crippen LogP contribution is -2.58. The van der Waals surface area contributed by atoms with Crippen LogP contribution in [0.3, 0.4) is 0 Å². The zero-order valence-corrected chi connectivity index (χ0v) is 25.8. The van der Waals surface area contributed by atoms with Crippen molar-refractivity contribution in [2.45, 2.75) is 0 Å². The standard InChI is InChI=1S/C34H26B2N6S2/c1-39-33-31(25-17-9-11-19-27(25)43-33)41(23-13-5-3-6-14-23)35(39)29-21-38-30(22-37-29)36-40(2)34-32(26-18-10-12-20-28(26)44-34)42(36)24-15-7-4-8-16-24/h3-22H,1-2H3. The van der Waals surface area contributed by atoms with Gasteiger partial charge < -0.3 is 19.2 Å². The van der Waals surface area contributed by atoms with Crippen LogP contribution >= 0.6 is 22.7 Å². The van der Waals surface area contributed by atoms with E-state index < -0.39 is 0 Å². The first-order valence-corrected chi connectivity index (χ1v) is 16.3. The van der Waals surface area contributed by atoms with Crippen LogP contribution < -0.4 is 30.4 Å². The molecule has 0 spiro atoms. The topological polar surface area (TPSA) is 38.7 Å². The molecule has 6 nitrogen and oxygen atoms in total. The molecule has 0 saturated heterocycles. The number of benzene rings is 4. The van der Waals surface area contributed by atoms with E-state index in [1.165, 1.54) is 41.5 Å². The van der Waals surface area contributed by atoms with Crippen molar-refractivity contribution in [2.24, 2.45) is 0 Å². The van der Waals surface area contributed by atoms with Crippen molar-refractivity contribution in [3.63, 3.8) is 0 Å². The molecule has 0 aliphatic carbocycles. The highest BCUT2D eigenvalue weighted by Crippen LogP contribution is 2.53. The van der Waals surface area contributed by atoms with Crippen LogP contribution in [0, 0.1) is 0 Å². The molecule has 210 valence electrons. The third-order valence-electron chi connectivity index (χ3n) is 8.74. The van der Waals surface area contributed by atoms with Crippen molar-refractivity contribution in [3.05, 3.63) is 122 Å². The van der Waals surface area contributed by atoms with Crippen LogP contribution in [0.2, 0.25) is 0 Å². The fourth-order valence-corrected chi connectivity index (χ4v) is 9.15. The molecule has 2 aliphatic heterocycles. The second-order valence-electron chi connectivity index (χ2n) is 11.3. The number of hydrogen-bond donors (Lipinski definition) is 0. The minimum absolute atomic E-state index is 0.109. The largest absolute Gasteiger partial charge is 0.437 e. The van der Waals surface area contributed by atoms with Crippen molar-refractivity contribution in [1.82, 2.24) is 9.97 Å². The van der Waals surface area contributed by atoms with E-state index in [0.717, 1.165) is 22.6 Å². The number of nitrogens with zero attached hydrogens (tertiary/aromatic N) is 6. The monoisotopic (exact) mass is 604 g/mol. The maximum absolute atomic E-state index is 5.16. The van der Waals surface area contributed by atoms with E-state index in [1.54, 1.807) is 0 Å². The van der Waals surface area contributed by atoms with Gasteiger partial charge in [-0.3, -0.25) is 9.97 Å². The lowest BCUT2D eigenvalue weighted by atomic mass is 9.67. The molecule has 0 unspecified atom stereocenters. The van der Waals surface area contributed by atoms with Crippen molar-refractivity contribution in [2.75, 3.05) is 33.3 Å². The summed E-state index contributed by atoms with van der Waals surface area (Å²) in [7, 11) is 4.34. The molecule has 10 heteroatoms. The maximum atomic E-state index is 5.16. The van der Waals surface area contributed by atoms with Gasteiger partial charge in [0.1, 0.15) is 10.0 Å². The highest BCUT2D eigenvalue weighted by molar-refractivity contribution is 7.25. The van der Waals surface area contributed by atoms with Crippen LogP contribution in [-0.2, 0) is 0 Å². The molecular weight excluding hydrogens is 578 g/mol. The number of aromatic nitrogens is 2. The number of rotatable bonds is 4. The van der Waals surface area contributed by atoms with Gasteiger partial charge in [0.15, 0.2) is 0 Å². The highest BCUT2D eigenvalue weighted by Gasteiger charge is 2.47. The summed E-state index contributed by atoms with van der Waals surface area (Å²) in [5.74, 6) is 0. The fraction of sp³-hybridized carbons (Fsp3) is 0.0588. The predicted molar refractivity (Wildman–Crippen MR) is 190 cm³/mol. The average Bonchev–Trinajstić information content (AvgIpc) is 3.80. The molecule has 0 fully saturated rings. The van der Waals surface area contributed by atoms with Gasteiger partial charge in [0.2, 0.25) is 0 Å². The summed E-state index contributed by atoms with van der Waals surface area (Å²) < 4.78 is 2.57. The highest BCUT2D eigenvalue weighted by atomic mass is 32.1. The number of thiophene rings is 2. The number of hydrogen-bond acceptors (Lipinski definition) is 8. The molecule has 2 aliphatic rings. The third-order valence-corrected chi connectivity index (χ3v) is 11.2. The molecule has 0 radical (unpaired) electrons. The van der Waals surface area contributed by atoms with Gasteiger partial charge in [-0.05, 0) is 50.5 Å². The first-order chi connectivity index (χ1) is 21.7. The Morgan fingerprint density at radius 3 is 1.30 bits per heavy atom. The zero-order chi connectivity index (χ0) is 29.4. The molecule has 7 aromatic rings. The summed E-state index contributed by atoms with van der Waals surface area (Å²) in [5.41, 5.74) is 6.58.